The Labute approximate surface area is 62.4 Å². The van der Waals surface area contributed by atoms with Gasteiger partial charge in [-0.15, -0.1) is 0 Å². The van der Waals surface area contributed by atoms with Crippen LogP contribution in [0.15, 0.2) is 0 Å². The largest absolute Gasteiger partial charge is 0.345 e. The number of carbonyl (C=O) groups is 1. The van der Waals surface area contributed by atoms with E-state index in [1.165, 1.54) is 0 Å². The van der Waals surface area contributed by atoms with Crippen molar-refractivity contribution in [3.05, 3.63) is 0 Å². The molecule has 0 saturated carbocycles. The third kappa shape index (κ3) is 3.45. The highest BCUT2D eigenvalue weighted by molar-refractivity contribution is 5.77. The van der Waals surface area contributed by atoms with Gasteiger partial charge in [0.25, 0.3) is 0 Å². The van der Waals surface area contributed by atoms with E-state index >= 15 is 0 Å². The zero-order valence-electron chi connectivity index (χ0n) is 6.98. The lowest BCUT2D eigenvalue weighted by Crippen LogP contribution is -2.34. The number of likely N-dealkylation sites (N-methyl/N-ethyl adjacent to an activating group) is 2. The molecule has 0 radical (unpaired) electrons. The first-order chi connectivity index (χ1) is 4.72. The molecule has 0 saturated heterocycles. The minimum atomic E-state index is 0.157. The molecular formula is C7H16N2O. The summed E-state index contributed by atoms with van der Waals surface area (Å²) < 4.78 is 0. The first-order valence-electron chi connectivity index (χ1n) is 3.61. The number of nitrogens with zero attached hydrogens (tertiary/aromatic N) is 1. The fraction of sp³-hybridized carbons (Fsp3) is 0.857. The van der Waals surface area contributed by atoms with Gasteiger partial charge in [-0.3, -0.25) is 4.79 Å². The van der Waals surface area contributed by atoms with E-state index in [9.17, 15) is 4.79 Å². The SMILES string of the molecule is CCCN(C)C(=O)CNC. The summed E-state index contributed by atoms with van der Waals surface area (Å²) in [6.45, 7) is 3.35. The highest BCUT2D eigenvalue weighted by Crippen LogP contribution is 1.85. The second-order valence-corrected chi connectivity index (χ2v) is 2.35. The summed E-state index contributed by atoms with van der Waals surface area (Å²) in [5.41, 5.74) is 0. The zero-order valence-corrected chi connectivity index (χ0v) is 6.98. The maximum absolute atomic E-state index is 11.0. The number of carbonyl (C=O) groups excluding carboxylic acids is 1. The number of hydrogen-bond acceptors (Lipinski definition) is 2. The maximum Gasteiger partial charge on any atom is 0.236 e. The quantitative estimate of drug-likeness (QED) is 0.605. The highest BCUT2D eigenvalue weighted by Gasteiger charge is 2.03. The lowest BCUT2D eigenvalue weighted by atomic mass is 10.4. The molecule has 0 aliphatic rings. The van der Waals surface area contributed by atoms with Gasteiger partial charge in [0.1, 0.15) is 0 Å². The molecule has 0 aromatic heterocycles. The summed E-state index contributed by atoms with van der Waals surface area (Å²) in [5.74, 6) is 0.157. The minimum Gasteiger partial charge on any atom is -0.345 e. The molecule has 0 atom stereocenters. The molecule has 0 aromatic rings. The Bertz CT molecular complexity index is 104. The van der Waals surface area contributed by atoms with Crippen LogP contribution < -0.4 is 5.32 Å². The zero-order chi connectivity index (χ0) is 7.98. The number of amides is 1. The molecule has 0 bridgehead atoms. The van der Waals surface area contributed by atoms with Gasteiger partial charge in [-0.25, -0.2) is 0 Å². The van der Waals surface area contributed by atoms with Crippen LogP contribution in [0.2, 0.25) is 0 Å². The topological polar surface area (TPSA) is 32.3 Å². The molecule has 0 aliphatic carbocycles. The van der Waals surface area contributed by atoms with Crippen molar-refractivity contribution in [1.82, 2.24) is 10.2 Å². The van der Waals surface area contributed by atoms with Gasteiger partial charge in [0.2, 0.25) is 5.91 Å². The fourth-order valence-corrected chi connectivity index (χ4v) is 0.746. The van der Waals surface area contributed by atoms with Crippen molar-refractivity contribution in [1.29, 1.82) is 0 Å². The molecule has 0 aliphatic heterocycles. The van der Waals surface area contributed by atoms with Crippen LogP contribution in [-0.2, 0) is 4.79 Å². The van der Waals surface area contributed by atoms with Crippen molar-refractivity contribution >= 4 is 5.91 Å². The Morgan fingerprint density at radius 3 is 2.60 bits per heavy atom. The predicted octanol–water partition coefficient (Wildman–Crippen LogP) is 0.0742. The molecule has 0 heterocycles. The van der Waals surface area contributed by atoms with Gasteiger partial charge < -0.3 is 10.2 Å². The third-order valence-corrected chi connectivity index (χ3v) is 1.31. The number of nitrogens with one attached hydrogen (secondary N) is 1. The minimum absolute atomic E-state index is 0.157. The molecule has 0 unspecified atom stereocenters. The summed E-state index contributed by atoms with van der Waals surface area (Å²) in [5, 5.41) is 2.82. The van der Waals surface area contributed by atoms with Crippen LogP contribution in [0, 0.1) is 0 Å². The standard InChI is InChI=1S/C7H16N2O/c1-4-5-9(3)7(10)6-8-2/h8H,4-6H2,1-3H3. The molecule has 3 heteroatoms. The van der Waals surface area contributed by atoms with E-state index in [2.05, 4.69) is 12.2 Å². The first-order valence-corrected chi connectivity index (χ1v) is 3.61. The third-order valence-electron chi connectivity index (χ3n) is 1.31. The summed E-state index contributed by atoms with van der Waals surface area (Å²) in [4.78, 5) is 12.7. The Morgan fingerprint density at radius 2 is 2.20 bits per heavy atom. The van der Waals surface area contributed by atoms with Gasteiger partial charge in [-0.1, -0.05) is 6.92 Å². The van der Waals surface area contributed by atoms with E-state index in [1.54, 1.807) is 11.9 Å². The second kappa shape index (κ2) is 5.23. The monoisotopic (exact) mass is 144 g/mol. The van der Waals surface area contributed by atoms with Crippen molar-refractivity contribution in [2.24, 2.45) is 0 Å². The van der Waals surface area contributed by atoms with Crippen molar-refractivity contribution < 1.29 is 4.79 Å². The van der Waals surface area contributed by atoms with E-state index in [-0.39, 0.29) is 5.91 Å². The highest BCUT2D eigenvalue weighted by atomic mass is 16.2. The van der Waals surface area contributed by atoms with E-state index in [4.69, 9.17) is 0 Å². The average molecular weight is 144 g/mol. The second-order valence-electron chi connectivity index (χ2n) is 2.35. The van der Waals surface area contributed by atoms with Crippen molar-refractivity contribution in [2.45, 2.75) is 13.3 Å². The van der Waals surface area contributed by atoms with E-state index in [1.807, 2.05) is 7.05 Å². The van der Waals surface area contributed by atoms with Crippen molar-refractivity contribution in [3.8, 4) is 0 Å². The molecule has 10 heavy (non-hydrogen) atoms. The van der Waals surface area contributed by atoms with Gasteiger partial charge in [0.15, 0.2) is 0 Å². The normalized spacial score (nSPS) is 9.50. The van der Waals surface area contributed by atoms with Crippen LogP contribution in [0.1, 0.15) is 13.3 Å². The molecule has 0 spiro atoms. The van der Waals surface area contributed by atoms with Crippen molar-refractivity contribution in [2.75, 3.05) is 27.2 Å². The van der Waals surface area contributed by atoms with Crippen LogP contribution in [0.5, 0.6) is 0 Å². The summed E-state index contributed by atoms with van der Waals surface area (Å²) >= 11 is 0. The van der Waals surface area contributed by atoms with Crippen LogP contribution in [0.25, 0.3) is 0 Å². The molecule has 1 N–H and O–H groups in total. The smallest absolute Gasteiger partial charge is 0.236 e. The number of rotatable bonds is 4. The number of hydrogen-bond donors (Lipinski definition) is 1. The van der Waals surface area contributed by atoms with Gasteiger partial charge in [0.05, 0.1) is 6.54 Å². The fourth-order valence-electron chi connectivity index (χ4n) is 0.746. The van der Waals surface area contributed by atoms with Gasteiger partial charge in [-0.2, -0.15) is 0 Å². The van der Waals surface area contributed by atoms with Crippen LogP contribution >= 0.6 is 0 Å². The summed E-state index contributed by atoms with van der Waals surface area (Å²) in [6, 6.07) is 0. The van der Waals surface area contributed by atoms with E-state index < -0.39 is 0 Å². The molecule has 1 amide bonds. The average Bonchev–Trinajstić information content (AvgIpc) is 1.89. The summed E-state index contributed by atoms with van der Waals surface area (Å²) in [7, 11) is 3.60. The van der Waals surface area contributed by atoms with E-state index in [0.29, 0.717) is 6.54 Å². The van der Waals surface area contributed by atoms with Gasteiger partial charge in [-0.05, 0) is 13.5 Å². The Kier molecular flexibility index (Phi) is 4.94. The molecule has 0 fully saturated rings. The van der Waals surface area contributed by atoms with Crippen LogP contribution in [0.3, 0.4) is 0 Å². The van der Waals surface area contributed by atoms with Crippen LogP contribution in [0.4, 0.5) is 0 Å². The van der Waals surface area contributed by atoms with Gasteiger partial charge >= 0.3 is 0 Å². The predicted molar refractivity (Wildman–Crippen MR) is 41.9 cm³/mol. The molecule has 0 aromatic carbocycles. The summed E-state index contributed by atoms with van der Waals surface area (Å²) in [6.07, 6.45) is 1.02. The van der Waals surface area contributed by atoms with Crippen molar-refractivity contribution in [3.63, 3.8) is 0 Å². The maximum atomic E-state index is 11.0. The lowest BCUT2D eigenvalue weighted by molar-refractivity contribution is -0.128. The Morgan fingerprint density at radius 1 is 1.60 bits per heavy atom. The molecule has 60 valence electrons. The molecule has 3 nitrogen and oxygen atoms in total. The van der Waals surface area contributed by atoms with E-state index in [0.717, 1.165) is 13.0 Å². The lowest BCUT2D eigenvalue weighted by Gasteiger charge is -2.14. The molecule has 0 rings (SSSR count). The Balaban J connectivity index is 3.49. The molecular weight excluding hydrogens is 128 g/mol. The van der Waals surface area contributed by atoms with Crippen LogP contribution in [-0.4, -0.2) is 38.0 Å². The Hall–Kier alpha value is -0.570. The first kappa shape index (κ1) is 9.43. The van der Waals surface area contributed by atoms with Gasteiger partial charge in [0, 0.05) is 13.6 Å².